The van der Waals surface area contributed by atoms with Gasteiger partial charge in [-0.2, -0.15) is 0 Å². The molecule has 14 heavy (non-hydrogen) atoms. The van der Waals surface area contributed by atoms with Crippen molar-refractivity contribution in [2.45, 2.75) is 0 Å². The van der Waals surface area contributed by atoms with E-state index < -0.39 is 0 Å². The third-order valence-electron chi connectivity index (χ3n) is 1.86. The van der Waals surface area contributed by atoms with Crippen molar-refractivity contribution in [1.29, 1.82) is 0 Å². The van der Waals surface area contributed by atoms with E-state index in [-0.39, 0.29) is 0 Å². The van der Waals surface area contributed by atoms with Crippen LogP contribution in [0.5, 0.6) is 5.75 Å². The number of ether oxygens (including phenoxy) is 1. The fourth-order valence-electron chi connectivity index (χ4n) is 1.15. The molecule has 0 spiro atoms. The molecule has 0 unspecified atom stereocenters. The van der Waals surface area contributed by atoms with Crippen molar-refractivity contribution in [3.05, 3.63) is 34.4 Å². The smallest absolute Gasteiger partial charge is 0.257 e. The summed E-state index contributed by atoms with van der Waals surface area (Å²) in [4.78, 5) is 4.22. The number of oxazole rings is 1. The van der Waals surface area contributed by atoms with Crippen molar-refractivity contribution in [3.8, 4) is 17.0 Å². The van der Waals surface area contributed by atoms with Crippen LogP contribution in [0.4, 0.5) is 0 Å². The van der Waals surface area contributed by atoms with Gasteiger partial charge in [0.2, 0.25) is 0 Å². The van der Waals surface area contributed by atoms with Gasteiger partial charge in [0.05, 0.1) is 7.11 Å². The first kappa shape index (κ1) is 9.51. The Morgan fingerprint density at radius 1 is 1.29 bits per heavy atom. The van der Waals surface area contributed by atoms with E-state index in [4.69, 9.17) is 9.15 Å². The van der Waals surface area contributed by atoms with E-state index in [0.29, 0.717) is 3.90 Å². The van der Waals surface area contributed by atoms with Gasteiger partial charge in [-0.25, -0.2) is 4.98 Å². The van der Waals surface area contributed by atoms with Gasteiger partial charge in [0.1, 0.15) is 17.7 Å². The average Bonchev–Trinajstić information content (AvgIpc) is 2.65. The molecule has 4 heteroatoms. The van der Waals surface area contributed by atoms with Crippen LogP contribution in [0.2, 0.25) is 0 Å². The molecule has 0 bridgehead atoms. The molecular formula is C10H8INO2. The first-order chi connectivity index (χ1) is 6.79. The van der Waals surface area contributed by atoms with Crippen LogP contribution in [0, 0.1) is 3.90 Å². The molecule has 0 aliphatic rings. The maximum atomic E-state index is 5.12. The Hall–Kier alpha value is -1.04. The van der Waals surface area contributed by atoms with Gasteiger partial charge in [-0.1, -0.05) is 0 Å². The topological polar surface area (TPSA) is 35.3 Å². The van der Waals surface area contributed by atoms with Crippen molar-refractivity contribution < 1.29 is 9.15 Å². The van der Waals surface area contributed by atoms with Gasteiger partial charge < -0.3 is 9.15 Å². The van der Waals surface area contributed by atoms with E-state index in [1.54, 1.807) is 13.4 Å². The lowest BCUT2D eigenvalue weighted by atomic mass is 10.2. The third kappa shape index (κ3) is 1.89. The highest BCUT2D eigenvalue weighted by atomic mass is 127. The Morgan fingerprint density at radius 2 is 2.00 bits per heavy atom. The molecule has 0 fully saturated rings. The molecule has 72 valence electrons. The molecule has 2 aromatic rings. The van der Waals surface area contributed by atoms with Crippen LogP contribution < -0.4 is 4.74 Å². The molecule has 0 saturated heterocycles. The lowest BCUT2D eigenvalue weighted by molar-refractivity contribution is 0.415. The van der Waals surface area contributed by atoms with Gasteiger partial charge in [0.15, 0.2) is 0 Å². The summed E-state index contributed by atoms with van der Waals surface area (Å²) in [6.45, 7) is 0. The van der Waals surface area contributed by atoms with Crippen LogP contribution in [0.25, 0.3) is 11.3 Å². The first-order valence-electron chi connectivity index (χ1n) is 4.05. The summed E-state index contributed by atoms with van der Waals surface area (Å²) >= 11 is 2.04. The van der Waals surface area contributed by atoms with E-state index in [1.165, 1.54) is 0 Å². The second-order valence-corrected chi connectivity index (χ2v) is 3.64. The summed E-state index contributed by atoms with van der Waals surface area (Å²) < 4.78 is 10.8. The van der Waals surface area contributed by atoms with Crippen LogP contribution in [0.1, 0.15) is 0 Å². The minimum Gasteiger partial charge on any atom is -0.497 e. The third-order valence-corrected chi connectivity index (χ3v) is 2.36. The highest BCUT2D eigenvalue weighted by molar-refractivity contribution is 14.1. The predicted molar refractivity (Wildman–Crippen MR) is 61.2 cm³/mol. The monoisotopic (exact) mass is 301 g/mol. The van der Waals surface area contributed by atoms with Gasteiger partial charge in [0.25, 0.3) is 3.90 Å². The lowest BCUT2D eigenvalue weighted by Gasteiger charge is -1.99. The van der Waals surface area contributed by atoms with Crippen LogP contribution in [0.15, 0.2) is 34.9 Å². The second kappa shape index (κ2) is 4.00. The van der Waals surface area contributed by atoms with Gasteiger partial charge >= 0.3 is 0 Å². The van der Waals surface area contributed by atoms with E-state index in [0.717, 1.165) is 17.0 Å². The number of hydrogen-bond acceptors (Lipinski definition) is 3. The molecule has 1 heterocycles. The minimum atomic E-state index is 0.647. The maximum Gasteiger partial charge on any atom is 0.257 e. The Morgan fingerprint density at radius 3 is 2.50 bits per heavy atom. The zero-order chi connectivity index (χ0) is 9.97. The fourth-order valence-corrected chi connectivity index (χ4v) is 1.53. The molecule has 0 atom stereocenters. The average molecular weight is 301 g/mol. The minimum absolute atomic E-state index is 0.647. The molecule has 0 N–H and O–H groups in total. The first-order valence-corrected chi connectivity index (χ1v) is 5.13. The van der Waals surface area contributed by atoms with E-state index in [2.05, 4.69) is 4.98 Å². The highest BCUT2D eigenvalue weighted by Gasteiger charge is 2.03. The van der Waals surface area contributed by atoms with Crippen molar-refractivity contribution in [2.75, 3.05) is 7.11 Å². The summed E-state index contributed by atoms with van der Waals surface area (Å²) in [6.07, 6.45) is 1.64. The summed E-state index contributed by atoms with van der Waals surface area (Å²) in [5.41, 5.74) is 1.87. The normalized spacial score (nSPS) is 10.1. The fraction of sp³-hybridized carbons (Fsp3) is 0.100. The SMILES string of the molecule is COc1ccc(-c2coc(I)n2)cc1. The zero-order valence-electron chi connectivity index (χ0n) is 7.53. The number of nitrogens with zero attached hydrogens (tertiary/aromatic N) is 1. The van der Waals surface area contributed by atoms with Crippen molar-refractivity contribution in [1.82, 2.24) is 4.98 Å². The predicted octanol–water partition coefficient (Wildman–Crippen LogP) is 2.95. The highest BCUT2D eigenvalue weighted by Crippen LogP contribution is 2.21. The lowest BCUT2D eigenvalue weighted by Crippen LogP contribution is -1.82. The molecule has 0 radical (unpaired) electrons. The van der Waals surface area contributed by atoms with Crippen molar-refractivity contribution in [3.63, 3.8) is 0 Å². The number of halogens is 1. The Kier molecular flexibility index (Phi) is 2.72. The molecule has 0 saturated carbocycles. The van der Waals surface area contributed by atoms with Crippen LogP contribution >= 0.6 is 22.6 Å². The molecular weight excluding hydrogens is 293 g/mol. The molecule has 2 rings (SSSR count). The summed E-state index contributed by atoms with van der Waals surface area (Å²) in [5.74, 6) is 0.840. The van der Waals surface area contributed by atoms with Gasteiger partial charge in [-0.3, -0.25) is 0 Å². The molecule has 0 aliphatic heterocycles. The molecule has 1 aromatic heterocycles. The number of rotatable bonds is 2. The molecule has 3 nitrogen and oxygen atoms in total. The summed E-state index contributed by atoms with van der Waals surface area (Å²) in [5, 5.41) is 0. The quantitative estimate of drug-likeness (QED) is 0.800. The number of methoxy groups -OCH3 is 1. The van der Waals surface area contributed by atoms with Gasteiger partial charge in [-0.15, -0.1) is 0 Å². The summed E-state index contributed by atoms with van der Waals surface area (Å²) in [7, 11) is 1.65. The standard InChI is InChI=1S/C10H8INO2/c1-13-8-4-2-7(3-5-8)9-6-14-10(11)12-9/h2-6H,1H3. The second-order valence-electron chi connectivity index (χ2n) is 2.71. The Labute approximate surface area is 95.2 Å². The van der Waals surface area contributed by atoms with Crippen molar-refractivity contribution >= 4 is 22.6 Å². The van der Waals surface area contributed by atoms with Gasteiger partial charge in [0, 0.05) is 28.2 Å². The summed E-state index contributed by atoms with van der Waals surface area (Å²) in [6, 6.07) is 7.70. The number of hydrogen-bond donors (Lipinski definition) is 0. The van der Waals surface area contributed by atoms with Crippen LogP contribution in [-0.2, 0) is 0 Å². The van der Waals surface area contributed by atoms with Crippen molar-refractivity contribution in [2.24, 2.45) is 0 Å². The van der Waals surface area contributed by atoms with E-state index in [9.17, 15) is 0 Å². The Balaban J connectivity index is 2.33. The molecule has 0 amide bonds. The molecule has 1 aromatic carbocycles. The number of aromatic nitrogens is 1. The molecule has 0 aliphatic carbocycles. The van der Waals surface area contributed by atoms with Crippen LogP contribution in [-0.4, -0.2) is 12.1 Å². The van der Waals surface area contributed by atoms with E-state index >= 15 is 0 Å². The number of benzene rings is 1. The zero-order valence-corrected chi connectivity index (χ0v) is 9.69. The Bertz CT molecular complexity index is 422. The van der Waals surface area contributed by atoms with E-state index in [1.807, 2.05) is 46.9 Å². The largest absolute Gasteiger partial charge is 0.497 e. The van der Waals surface area contributed by atoms with Gasteiger partial charge in [-0.05, 0) is 24.3 Å². The maximum absolute atomic E-state index is 5.12. The van der Waals surface area contributed by atoms with Crippen LogP contribution in [0.3, 0.4) is 0 Å².